The van der Waals surface area contributed by atoms with Crippen LogP contribution in [0.25, 0.3) is 0 Å². The Labute approximate surface area is 133 Å². The van der Waals surface area contributed by atoms with E-state index in [1.165, 1.54) is 6.26 Å². The molecule has 7 heteroatoms. The van der Waals surface area contributed by atoms with Crippen molar-refractivity contribution in [3.05, 3.63) is 17.0 Å². The second-order valence-corrected chi connectivity index (χ2v) is 8.08. The molecular weight excluding hydrogens is 302 g/mol. The van der Waals surface area contributed by atoms with E-state index in [1.807, 2.05) is 32.5 Å². The third kappa shape index (κ3) is 4.83. The molecule has 0 unspecified atom stereocenters. The van der Waals surface area contributed by atoms with Crippen molar-refractivity contribution in [2.45, 2.75) is 46.6 Å². The number of sulfone groups is 1. The molecular formula is C15H27N3O3S. The quantitative estimate of drug-likeness (QED) is 0.755. The zero-order valence-electron chi connectivity index (χ0n) is 14.4. The first-order chi connectivity index (χ1) is 10.1. The van der Waals surface area contributed by atoms with E-state index < -0.39 is 9.84 Å². The third-order valence-electron chi connectivity index (χ3n) is 3.98. The molecule has 0 N–H and O–H groups in total. The minimum absolute atomic E-state index is 0.00245. The van der Waals surface area contributed by atoms with Crippen LogP contribution in [-0.4, -0.2) is 53.6 Å². The fraction of sp³-hybridized carbons (Fsp3) is 0.733. The Kier molecular flexibility index (Phi) is 6.17. The molecule has 0 aliphatic rings. The first-order valence-electron chi connectivity index (χ1n) is 7.53. The Morgan fingerprint density at radius 2 is 1.95 bits per heavy atom. The van der Waals surface area contributed by atoms with Crippen LogP contribution in [-0.2, 0) is 28.1 Å². The zero-order chi connectivity index (χ0) is 17.1. The van der Waals surface area contributed by atoms with Gasteiger partial charge in [-0.2, -0.15) is 5.10 Å². The van der Waals surface area contributed by atoms with Crippen LogP contribution in [0.4, 0.5) is 0 Å². The van der Waals surface area contributed by atoms with Gasteiger partial charge in [-0.3, -0.25) is 9.48 Å². The first-order valence-corrected chi connectivity index (χ1v) is 9.59. The number of aromatic nitrogens is 2. The van der Waals surface area contributed by atoms with Crippen molar-refractivity contribution >= 4 is 15.7 Å². The predicted molar refractivity (Wildman–Crippen MR) is 87.6 cm³/mol. The molecule has 1 aromatic rings. The number of carbonyl (C=O) groups excluding carboxylic acids is 1. The molecule has 0 spiro atoms. The highest BCUT2D eigenvalue weighted by Gasteiger charge is 2.22. The first kappa shape index (κ1) is 18.7. The molecule has 0 saturated carbocycles. The summed E-state index contributed by atoms with van der Waals surface area (Å²) in [7, 11) is -1.21. The van der Waals surface area contributed by atoms with Gasteiger partial charge in [-0.1, -0.05) is 0 Å². The van der Waals surface area contributed by atoms with Crippen molar-refractivity contribution in [2.75, 3.05) is 18.6 Å². The largest absolute Gasteiger partial charge is 0.339 e. The molecule has 1 heterocycles. The molecule has 22 heavy (non-hydrogen) atoms. The smallest absolute Gasteiger partial charge is 0.223 e. The molecule has 1 aromatic heterocycles. The van der Waals surface area contributed by atoms with Crippen LogP contribution >= 0.6 is 0 Å². The minimum atomic E-state index is -3.10. The SMILES string of the molecule is CCN(C(=O)CCc1c(C)nn(C)c1C)[C@H](C)CS(C)(=O)=O. The van der Waals surface area contributed by atoms with Gasteiger partial charge in [0.25, 0.3) is 0 Å². The van der Waals surface area contributed by atoms with E-state index in [9.17, 15) is 13.2 Å². The minimum Gasteiger partial charge on any atom is -0.339 e. The fourth-order valence-electron chi connectivity index (χ4n) is 2.82. The van der Waals surface area contributed by atoms with Crippen LogP contribution in [0.3, 0.4) is 0 Å². The average Bonchev–Trinajstić information content (AvgIpc) is 2.60. The summed E-state index contributed by atoms with van der Waals surface area (Å²) in [6.45, 7) is 8.10. The van der Waals surface area contributed by atoms with Crippen LogP contribution in [0.5, 0.6) is 0 Å². The molecule has 0 saturated heterocycles. The Balaban J connectivity index is 2.73. The molecule has 0 radical (unpaired) electrons. The summed E-state index contributed by atoms with van der Waals surface area (Å²) >= 11 is 0. The van der Waals surface area contributed by atoms with Crippen LogP contribution in [0.2, 0.25) is 0 Å². The van der Waals surface area contributed by atoms with Crippen LogP contribution in [0.15, 0.2) is 0 Å². The Morgan fingerprint density at radius 1 is 1.36 bits per heavy atom. The lowest BCUT2D eigenvalue weighted by atomic mass is 10.1. The normalized spacial score (nSPS) is 13.2. The Hall–Kier alpha value is -1.37. The van der Waals surface area contributed by atoms with Crippen molar-refractivity contribution in [2.24, 2.45) is 7.05 Å². The second-order valence-electron chi connectivity index (χ2n) is 5.89. The molecule has 0 bridgehead atoms. The summed E-state index contributed by atoms with van der Waals surface area (Å²) in [5.74, 6) is -0.0151. The monoisotopic (exact) mass is 329 g/mol. The summed E-state index contributed by atoms with van der Waals surface area (Å²) in [6.07, 6.45) is 2.20. The maximum Gasteiger partial charge on any atom is 0.223 e. The zero-order valence-corrected chi connectivity index (χ0v) is 15.2. The number of rotatable bonds is 7. The van der Waals surface area contributed by atoms with Gasteiger partial charge in [-0.25, -0.2) is 8.42 Å². The summed E-state index contributed by atoms with van der Waals surface area (Å²) in [5, 5.41) is 4.35. The van der Waals surface area contributed by atoms with Crippen LogP contribution in [0.1, 0.15) is 37.2 Å². The standard InChI is InChI=1S/C15H27N3O3S/c1-7-18(11(2)10-22(6,20)21)15(19)9-8-14-12(3)16-17(5)13(14)4/h11H,7-10H2,1-6H3/t11-/m1/s1. The number of carbonyl (C=O) groups is 1. The molecule has 1 atom stereocenters. The fourth-order valence-corrected chi connectivity index (χ4v) is 3.87. The Bertz CT molecular complexity index is 635. The third-order valence-corrected chi connectivity index (χ3v) is 5.07. The molecule has 1 rings (SSSR count). The van der Waals surface area contributed by atoms with E-state index in [1.54, 1.807) is 11.8 Å². The van der Waals surface area contributed by atoms with Gasteiger partial charge < -0.3 is 4.90 Å². The van der Waals surface area contributed by atoms with E-state index >= 15 is 0 Å². The molecule has 126 valence electrons. The molecule has 0 fully saturated rings. The van der Waals surface area contributed by atoms with Gasteiger partial charge >= 0.3 is 0 Å². The van der Waals surface area contributed by atoms with Crippen molar-refractivity contribution in [3.63, 3.8) is 0 Å². The van der Waals surface area contributed by atoms with E-state index in [2.05, 4.69) is 5.10 Å². The molecule has 0 aliphatic carbocycles. The highest BCUT2D eigenvalue weighted by atomic mass is 32.2. The van der Waals surface area contributed by atoms with Gasteiger partial charge in [0.1, 0.15) is 9.84 Å². The summed E-state index contributed by atoms with van der Waals surface area (Å²) in [4.78, 5) is 14.0. The van der Waals surface area contributed by atoms with Gasteiger partial charge in [0.15, 0.2) is 0 Å². The highest BCUT2D eigenvalue weighted by molar-refractivity contribution is 7.90. The number of aryl methyl sites for hydroxylation is 2. The number of amides is 1. The van der Waals surface area contributed by atoms with Crippen LogP contribution < -0.4 is 0 Å². The number of hydrogen-bond donors (Lipinski definition) is 0. The highest BCUT2D eigenvalue weighted by Crippen LogP contribution is 2.15. The van der Waals surface area contributed by atoms with Crippen molar-refractivity contribution < 1.29 is 13.2 Å². The lowest BCUT2D eigenvalue weighted by molar-refractivity contribution is -0.132. The van der Waals surface area contributed by atoms with Crippen LogP contribution in [0, 0.1) is 13.8 Å². The average molecular weight is 329 g/mol. The summed E-state index contributed by atoms with van der Waals surface area (Å²) < 4.78 is 24.6. The van der Waals surface area contributed by atoms with Gasteiger partial charge in [0.05, 0.1) is 11.4 Å². The summed E-state index contributed by atoms with van der Waals surface area (Å²) in [5.41, 5.74) is 3.11. The van der Waals surface area contributed by atoms with Gasteiger partial charge in [0, 0.05) is 38.0 Å². The van der Waals surface area contributed by atoms with Crippen molar-refractivity contribution in [1.29, 1.82) is 0 Å². The van der Waals surface area contributed by atoms with E-state index in [0.29, 0.717) is 19.4 Å². The number of nitrogens with zero attached hydrogens (tertiary/aromatic N) is 3. The maximum absolute atomic E-state index is 12.4. The molecule has 1 amide bonds. The molecule has 0 aromatic carbocycles. The topological polar surface area (TPSA) is 72.3 Å². The molecule has 6 nitrogen and oxygen atoms in total. The van der Waals surface area contributed by atoms with E-state index in [0.717, 1.165) is 17.0 Å². The number of hydrogen-bond acceptors (Lipinski definition) is 4. The van der Waals surface area contributed by atoms with E-state index in [4.69, 9.17) is 0 Å². The van der Waals surface area contributed by atoms with Gasteiger partial charge in [0.2, 0.25) is 5.91 Å². The van der Waals surface area contributed by atoms with Gasteiger partial charge in [-0.05, 0) is 39.7 Å². The lowest BCUT2D eigenvalue weighted by Crippen LogP contribution is -2.42. The van der Waals surface area contributed by atoms with Crippen molar-refractivity contribution in [1.82, 2.24) is 14.7 Å². The van der Waals surface area contributed by atoms with Gasteiger partial charge in [-0.15, -0.1) is 0 Å². The van der Waals surface area contributed by atoms with Crippen molar-refractivity contribution in [3.8, 4) is 0 Å². The molecule has 0 aliphatic heterocycles. The van der Waals surface area contributed by atoms with E-state index in [-0.39, 0.29) is 17.7 Å². The predicted octanol–water partition coefficient (Wildman–Crippen LogP) is 1.25. The lowest BCUT2D eigenvalue weighted by Gasteiger charge is -2.27. The summed E-state index contributed by atoms with van der Waals surface area (Å²) in [6, 6.07) is -0.302. The second kappa shape index (κ2) is 7.26. The Morgan fingerprint density at radius 3 is 2.36 bits per heavy atom. The maximum atomic E-state index is 12.4.